The zero-order valence-corrected chi connectivity index (χ0v) is 16.6. The van der Waals surface area contributed by atoms with Crippen LogP contribution in [0.2, 0.25) is 0 Å². The van der Waals surface area contributed by atoms with Gasteiger partial charge in [-0.3, -0.25) is 14.4 Å². The Kier molecular flexibility index (Phi) is 4.82. The third-order valence-corrected chi connectivity index (χ3v) is 5.67. The molecule has 4 rings (SSSR count). The minimum atomic E-state index is -0.640. The summed E-state index contributed by atoms with van der Waals surface area (Å²) in [6.45, 7) is 5.27. The third-order valence-electron chi connectivity index (χ3n) is 5.67. The summed E-state index contributed by atoms with van der Waals surface area (Å²) >= 11 is 0. The van der Waals surface area contributed by atoms with Crippen LogP contribution < -0.4 is 5.32 Å². The molecule has 2 aliphatic heterocycles. The number of carbonyl (C=O) groups is 3. The molecule has 1 N–H and O–H groups in total. The van der Waals surface area contributed by atoms with Gasteiger partial charge >= 0.3 is 0 Å². The average molecular weight is 392 g/mol. The zero-order chi connectivity index (χ0) is 20.6. The Morgan fingerprint density at radius 1 is 1.07 bits per heavy atom. The first-order chi connectivity index (χ1) is 13.9. The molecule has 2 aromatic rings. The number of rotatable bonds is 3. The van der Waals surface area contributed by atoms with Crippen LogP contribution in [-0.4, -0.2) is 64.1 Å². The lowest BCUT2D eigenvalue weighted by Crippen LogP contribution is -2.63. The van der Waals surface area contributed by atoms with Crippen molar-refractivity contribution in [2.75, 3.05) is 31.5 Å². The summed E-state index contributed by atoms with van der Waals surface area (Å²) in [5.41, 5.74) is 0.751. The lowest BCUT2D eigenvalue weighted by Gasteiger charge is -2.47. The van der Waals surface area contributed by atoms with Crippen LogP contribution in [0.5, 0.6) is 0 Å². The molecule has 2 aliphatic rings. The van der Waals surface area contributed by atoms with Gasteiger partial charge in [0, 0.05) is 43.5 Å². The van der Waals surface area contributed by atoms with Crippen molar-refractivity contribution in [1.82, 2.24) is 14.8 Å². The molecule has 1 saturated heterocycles. The van der Waals surface area contributed by atoms with Crippen LogP contribution in [0, 0.1) is 0 Å². The predicted octanol–water partition coefficient (Wildman–Crippen LogP) is 1.92. The minimum absolute atomic E-state index is 0.0582. The van der Waals surface area contributed by atoms with E-state index in [4.69, 9.17) is 0 Å². The summed E-state index contributed by atoms with van der Waals surface area (Å²) < 4.78 is 0. The van der Waals surface area contributed by atoms with Gasteiger partial charge in [0.1, 0.15) is 5.82 Å². The van der Waals surface area contributed by atoms with Crippen LogP contribution in [0.3, 0.4) is 0 Å². The van der Waals surface area contributed by atoms with E-state index < -0.39 is 23.1 Å². The Labute approximate surface area is 169 Å². The molecule has 1 fully saturated rings. The lowest BCUT2D eigenvalue weighted by atomic mass is 9.93. The van der Waals surface area contributed by atoms with E-state index in [-0.39, 0.29) is 5.91 Å². The van der Waals surface area contributed by atoms with Crippen molar-refractivity contribution < 1.29 is 14.4 Å². The Hall–Kier alpha value is -3.22. The van der Waals surface area contributed by atoms with E-state index in [0.717, 1.165) is 5.56 Å². The first kappa shape index (κ1) is 19.1. The second-order valence-electron chi connectivity index (χ2n) is 8.10. The Balaban J connectivity index is 1.48. The van der Waals surface area contributed by atoms with Gasteiger partial charge in [-0.1, -0.05) is 24.3 Å². The first-order valence-corrected chi connectivity index (χ1v) is 9.77. The summed E-state index contributed by atoms with van der Waals surface area (Å²) in [6, 6.07) is 12.7. The maximum absolute atomic E-state index is 13.1. The van der Waals surface area contributed by atoms with Crippen LogP contribution >= 0.6 is 0 Å². The van der Waals surface area contributed by atoms with Crippen molar-refractivity contribution in [2.24, 2.45) is 0 Å². The van der Waals surface area contributed by atoms with Gasteiger partial charge in [-0.05, 0) is 32.0 Å². The van der Waals surface area contributed by atoms with Gasteiger partial charge in [-0.25, -0.2) is 4.98 Å². The molecular formula is C22H24N4O3. The van der Waals surface area contributed by atoms with Crippen molar-refractivity contribution in [3.63, 3.8) is 0 Å². The lowest BCUT2D eigenvalue weighted by molar-refractivity contribution is -0.151. The minimum Gasteiger partial charge on any atom is -0.369 e. The maximum atomic E-state index is 13.1. The molecule has 29 heavy (non-hydrogen) atoms. The largest absolute Gasteiger partial charge is 0.369 e. The molecule has 0 radical (unpaired) electrons. The monoisotopic (exact) mass is 392 g/mol. The summed E-state index contributed by atoms with van der Waals surface area (Å²) in [6.07, 6.45) is 1.66. The number of piperazine rings is 1. The number of pyridine rings is 1. The van der Waals surface area contributed by atoms with Gasteiger partial charge in [-0.15, -0.1) is 0 Å². The molecule has 0 saturated carbocycles. The molecule has 0 aliphatic carbocycles. The fourth-order valence-electron chi connectivity index (χ4n) is 4.14. The van der Waals surface area contributed by atoms with Crippen molar-refractivity contribution in [1.29, 1.82) is 0 Å². The van der Waals surface area contributed by atoms with Crippen molar-refractivity contribution in [2.45, 2.75) is 25.3 Å². The van der Waals surface area contributed by atoms with Crippen LogP contribution in [0.4, 0.5) is 5.82 Å². The highest BCUT2D eigenvalue weighted by Gasteiger charge is 2.43. The number of aromatic nitrogens is 1. The summed E-state index contributed by atoms with van der Waals surface area (Å²) in [5.74, 6) is -0.843. The highest BCUT2D eigenvalue weighted by Crippen LogP contribution is 2.31. The van der Waals surface area contributed by atoms with Gasteiger partial charge in [0.15, 0.2) is 0 Å². The second-order valence-corrected chi connectivity index (χ2v) is 8.10. The molecule has 1 aromatic heterocycles. The molecule has 1 unspecified atom stereocenters. The van der Waals surface area contributed by atoms with E-state index >= 15 is 0 Å². The van der Waals surface area contributed by atoms with E-state index in [1.165, 1.54) is 0 Å². The number of anilines is 1. The number of hydrogen-bond donors (Lipinski definition) is 1. The summed E-state index contributed by atoms with van der Waals surface area (Å²) in [5, 5.41) is 3.09. The molecule has 7 nitrogen and oxygen atoms in total. The van der Waals surface area contributed by atoms with Gasteiger partial charge in [-0.2, -0.15) is 0 Å². The van der Waals surface area contributed by atoms with Crippen LogP contribution in [0.25, 0.3) is 0 Å². The average Bonchev–Trinajstić information content (AvgIpc) is 3.16. The highest BCUT2D eigenvalue weighted by atomic mass is 16.2. The van der Waals surface area contributed by atoms with Gasteiger partial charge in [0.05, 0.1) is 11.5 Å². The zero-order valence-electron chi connectivity index (χ0n) is 16.6. The standard InChI is InChI=1S/C22H24N4O3/c1-22(2)14-25(20(28)15-7-4-3-5-8-15)11-12-26(22)21(29)18(27)17-13-24-19-16(17)9-6-10-23-19/h3-10,17H,11-14H2,1-2H3,(H,23,24). The smallest absolute Gasteiger partial charge is 0.291 e. The number of carbonyl (C=O) groups excluding carboxylic acids is 3. The Morgan fingerprint density at radius 2 is 1.83 bits per heavy atom. The normalized spacial score (nSPS) is 20.0. The number of ketones is 1. The summed E-state index contributed by atoms with van der Waals surface area (Å²) in [4.78, 5) is 46.4. The predicted molar refractivity (Wildman–Crippen MR) is 109 cm³/mol. The Morgan fingerprint density at radius 3 is 2.55 bits per heavy atom. The number of Topliss-reactive ketones (excluding diaryl/α,β-unsaturated/α-hetero) is 1. The first-order valence-electron chi connectivity index (χ1n) is 9.77. The number of amides is 2. The van der Waals surface area contributed by atoms with E-state index in [2.05, 4.69) is 10.3 Å². The topological polar surface area (TPSA) is 82.6 Å². The molecule has 3 heterocycles. The number of nitrogens with one attached hydrogen (secondary N) is 1. The van der Waals surface area contributed by atoms with Crippen LogP contribution in [-0.2, 0) is 9.59 Å². The molecule has 150 valence electrons. The fraction of sp³-hybridized carbons (Fsp3) is 0.364. The third kappa shape index (κ3) is 3.48. The van der Waals surface area contributed by atoms with E-state index in [1.807, 2.05) is 38.1 Å². The van der Waals surface area contributed by atoms with E-state index in [9.17, 15) is 14.4 Å². The second kappa shape index (κ2) is 7.31. The molecule has 1 atom stereocenters. The summed E-state index contributed by atoms with van der Waals surface area (Å²) in [7, 11) is 0. The molecular weight excluding hydrogens is 368 g/mol. The fourth-order valence-corrected chi connectivity index (χ4v) is 4.14. The van der Waals surface area contributed by atoms with Crippen molar-refractivity contribution in [3.8, 4) is 0 Å². The number of fused-ring (bicyclic) bond motifs is 1. The van der Waals surface area contributed by atoms with Gasteiger partial charge < -0.3 is 15.1 Å². The number of benzene rings is 1. The SMILES string of the molecule is CC1(C)CN(C(=O)c2ccccc2)CCN1C(=O)C(=O)C1CNc2ncccc21. The maximum Gasteiger partial charge on any atom is 0.291 e. The Bertz CT molecular complexity index is 958. The van der Waals surface area contributed by atoms with E-state index in [0.29, 0.717) is 37.6 Å². The molecule has 0 bridgehead atoms. The molecule has 2 amide bonds. The number of hydrogen-bond acceptors (Lipinski definition) is 5. The van der Waals surface area contributed by atoms with E-state index in [1.54, 1.807) is 34.2 Å². The van der Waals surface area contributed by atoms with Gasteiger partial charge in [0.25, 0.3) is 11.8 Å². The van der Waals surface area contributed by atoms with Crippen molar-refractivity contribution >= 4 is 23.4 Å². The highest BCUT2D eigenvalue weighted by molar-refractivity contribution is 6.38. The quantitative estimate of drug-likeness (QED) is 0.807. The van der Waals surface area contributed by atoms with Crippen molar-refractivity contribution in [3.05, 3.63) is 59.8 Å². The molecule has 1 aromatic carbocycles. The number of nitrogens with zero attached hydrogens (tertiary/aromatic N) is 3. The molecule has 7 heteroatoms. The molecule has 0 spiro atoms. The van der Waals surface area contributed by atoms with Crippen LogP contribution in [0.15, 0.2) is 48.7 Å². The van der Waals surface area contributed by atoms with Crippen LogP contribution in [0.1, 0.15) is 35.7 Å². The van der Waals surface area contributed by atoms with Gasteiger partial charge in [0.2, 0.25) is 5.78 Å².